The molecule has 0 atom stereocenters. The third-order valence-electron chi connectivity index (χ3n) is 6.01. The second kappa shape index (κ2) is 7.37. The molecule has 5 heteroatoms. The fourth-order valence-electron chi connectivity index (χ4n) is 4.08. The van der Waals surface area contributed by atoms with E-state index in [1.165, 1.54) is 5.56 Å². The van der Waals surface area contributed by atoms with Crippen LogP contribution in [0.1, 0.15) is 32.3 Å². The van der Waals surface area contributed by atoms with Crippen LogP contribution in [-0.2, 0) is 16.6 Å². The van der Waals surface area contributed by atoms with Crippen LogP contribution >= 0.6 is 11.6 Å². The Bertz CT molecular complexity index is 1130. The second-order valence-electron chi connectivity index (χ2n) is 7.84. The first-order valence-corrected chi connectivity index (χ1v) is 10.6. The van der Waals surface area contributed by atoms with Gasteiger partial charge >= 0.3 is 0 Å². The van der Waals surface area contributed by atoms with Gasteiger partial charge in [-0.3, -0.25) is 4.79 Å². The lowest BCUT2D eigenvalue weighted by Gasteiger charge is -2.18. The van der Waals surface area contributed by atoms with Crippen molar-refractivity contribution in [3.05, 3.63) is 76.8 Å². The standard InChI is InChI=1S/C25H22ClNO3.H2/c1-2-16-5-9-20(14-21(16)17-3-7-19(26)8-4-17)27-24(28)25(11-12-25)18-6-10-22-23(13-18)30-15-29-22;/h3-10,13-14H,2,11-12,15H2,1H3,(H,27,28);1H. The van der Waals surface area contributed by atoms with Crippen molar-refractivity contribution in [3.8, 4) is 22.6 Å². The van der Waals surface area contributed by atoms with Crippen molar-refractivity contribution in [1.29, 1.82) is 0 Å². The second-order valence-corrected chi connectivity index (χ2v) is 8.27. The molecule has 5 rings (SSSR count). The molecular formula is C25H24ClNO3. The van der Waals surface area contributed by atoms with Gasteiger partial charge < -0.3 is 14.8 Å². The number of amides is 1. The summed E-state index contributed by atoms with van der Waals surface area (Å²) in [4.78, 5) is 13.2. The fourth-order valence-corrected chi connectivity index (χ4v) is 4.20. The first kappa shape index (κ1) is 19.0. The molecule has 0 aromatic heterocycles. The van der Waals surface area contributed by atoms with E-state index in [4.69, 9.17) is 21.1 Å². The number of ether oxygens (including phenoxy) is 2. The van der Waals surface area contributed by atoms with E-state index in [9.17, 15) is 4.79 Å². The number of fused-ring (bicyclic) bond motifs is 1. The highest BCUT2D eigenvalue weighted by molar-refractivity contribution is 6.30. The molecule has 1 amide bonds. The molecule has 1 N–H and O–H groups in total. The molecule has 0 saturated heterocycles. The van der Waals surface area contributed by atoms with Crippen molar-refractivity contribution in [2.45, 2.75) is 31.6 Å². The number of benzene rings is 3. The van der Waals surface area contributed by atoms with Gasteiger partial charge in [0, 0.05) is 12.1 Å². The highest BCUT2D eigenvalue weighted by Gasteiger charge is 2.51. The third-order valence-corrected chi connectivity index (χ3v) is 6.27. The largest absolute Gasteiger partial charge is 0.454 e. The van der Waals surface area contributed by atoms with Crippen LogP contribution in [0.15, 0.2) is 60.7 Å². The molecule has 0 bridgehead atoms. The average molecular weight is 422 g/mol. The lowest BCUT2D eigenvalue weighted by Crippen LogP contribution is -2.27. The molecular weight excluding hydrogens is 398 g/mol. The molecule has 0 unspecified atom stereocenters. The first-order valence-electron chi connectivity index (χ1n) is 10.2. The van der Waals surface area contributed by atoms with Gasteiger partial charge in [-0.25, -0.2) is 0 Å². The van der Waals surface area contributed by atoms with Gasteiger partial charge in [0.25, 0.3) is 0 Å². The van der Waals surface area contributed by atoms with Gasteiger partial charge in [-0.15, -0.1) is 0 Å². The maximum atomic E-state index is 13.2. The number of hydrogen-bond acceptors (Lipinski definition) is 3. The summed E-state index contributed by atoms with van der Waals surface area (Å²) in [5.74, 6) is 1.47. The minimum absolute atomic E-state index is 0. The number of hydrogen-bond donors (Lipinski definition) is 1. The van der Waals surface area contributed by atoms with Crippen molar-refractivity contribution in [1.82, 2.24) is 0 Å². The summed E-state index contributed by atoms with van der Waals surface area (Å²) in [6.45, 7) is 2.36. The van der Waals surface area contributed by atoms with Gasteiger partial charge in [0.1, 0.15) is 0 Å². The number of halogens is 1. The van der Waals surface area contributed by atoms with E-state index in [1.54, 1.807) is 0 Å². The zero-order valence-electron chi connectivity index (χ0n) is 16.7. The number of nitrogens with one attached hydrogen (secondary N) is 1. The van der Waals surface area contributed by atoms with Crippen LogP contribution in [-0.4, -0.2) is 12.7 Å². The normalized spacial score (nSPS) is 15.7. The number of aryl methyl sites for hydroxylation is 1. The smallest absolute Gasteiger partial charge is 0.235 e. The summed E-state index contributed by atoms with van der Waals surface area (Å²) < 4.78 is 10.9. The molecule has 3 aromatic rings. The zero-order chi connectivity index (χ0) is 20.7. The molecule has 1 heterocycles. The van der Waals surface area contributed by atoms with Gasteiger partial charge in [-0.1, -0.05) is 42.8 Å². The van der Waals surface area contributed by atoms with E-state index in [0.717, 1.165) is 47.4 Å². The van der Waals surface area contributed by atoms with Crippen molar-refractivity contribution in [2.24, 2.45) is 0 Å². The molecule has 0 radical (unpaired) electrons. The summed E-state index contributed by atoms with van der Waals surface area (Å²) in [7, 11) is 0. The van der Waals surface area contributed by atoms with Crippen LogP contribution in [0.2, 0.25) is 5.02 Å². The molecule has 1 aliphatic heterocycles. The zero-order valence-corrected chi connectivity index (χ0v) is 17.5. The van der Waals surface area contributed by atoms with E-state index in [2.05, 4.69) is 24.4 Å². The van der Waals surface area contributed by atoms with Crippen LogP contribution in [0.3, 0.4) is 0 Å². The predicted molar refractivity (Wildman–Crippen MR) is 120 cm³/mol. The van der Waals surface area contributed by atoms with Crippen LogP contribution in [0.25, 0.3) is 11.1 Å². The monoisotopic (exact) mass is 421 g/mol. The molecule has 0 spiro atoms. The van der Waals surface area contributed by atoms with E-state index in [-0.39, 0.29) is 14.1 Å². The molecule has 3 aromatic carbocycles. The van der Waals surface area contributed by atoms with Crippen LogP contribution < -0.4 is 14.8 Å². The van der Waals surface area contributed by atoms with E-state index >= 15 is 0 Å². The summed E-state index contributed by atoms with van der Waals surface area (Å²) in [6, 6.07) is 19.7. The van der Waals surface area contributed by atoms with E-state index in [1.807, 2.05) is 48.5 Å². The Balaban J connectivity index is 0.00000231. The van der Waals surface area contributed by atoms with Crippen LogP contribution in [0, 0.1) is 0 Å². The fraction of sp³-hybridized carbons (Fsp3) is 0.240. The lowest BCUT2D eigenvalue weighted by atomic mass is 9.93. The first-order chi connectivity index (χ1) is 14.6. The molecule has 2 aliphatic rings. The summed E-state index contributed by atoms with van der Waals surface area (Å²) >= 11 is 6.05. The van der Waals surface area contributed by atoms with Gasteiger partial charge in [0.2, 0.25) is 12.7 Å². The van der Waals surface area contributed by atoms with E-state index < -0.39 is 5.41 Å². The Kier molecular flexibility index (Phi) is 4.67. The Morgan fingerprint density at radius 1 is 1.03 bits per heavy atom. The Morgan fingerprint density at radius 2 is 1.80 bits per heavy atom. The maximum absolute atomic E-state index is 13.2. The van der Waals surface area contributed by atoms with E-state index in [0.29, 0.717) is 10.8 Å². The summed E-state index contributed by atoms with van der Waals surface area (Å²) in [5, 5.41) is 3.86. The number of carbonyl (C=O) groups excluding carboxylic acids is 1. The molecule has 1 saturated carbocycles. The minimum atomic E-state index is -0.495. The topological polar surface area (TPSA) is 47.6 Å². The molecule has 1 aliphatic carbocycles. The summed E-state index contributed by atoms with van der Waals surface area (Å²) in [5.41, 5.74) is 4.71. The van der Waals surface area contributed by atoms with Crippen LogP contribution in [0.4, 0.5) is 5.69 Å². The molecule has 4 nitrogen and oxygen atoms in total. The SMILES string of the molecule is CCc1ccc(NC(=O)C2(c3ccc4c(c3)OCO4)CC2)cc1-c1ccc(Cl)cc1.[HH]. The van der Waals surface area contributed by atoms with Crippen molar-refractivity contribution >= 4 is 23.2 Å². The third kappa shape index (κ3) is 3.31. The van der Waals surface area contributed by atoms with Crippen molar-refractivity contribution in [2.75, 3.05) is 12.1 Å². The van der Waals surface area contributed by atoms with Gasteiger partial charge in [0.05, 0.1) is 5.41 Å². The van der Waals surface area contributed by atoms with Crippen LogP contribution in [0.5, 0.6) is 11.5 Å². The molecule has 1 fully saturated rings. The minimum Gasteiger partial charge on any atom is -0.454 e. The van der Waals surface area contributed by atoms with Gasteiger partial charge in [-0.05, 0) is 77.9 Å². The van der Waals surface area contributed by atoms with Crippen molar-refractivity contribution < 1.29 is 15.7 Å². The Labute approximate surface area is 182 Å². The lowest BCUT2D eigenvalue weighted by molar-refractivity contribution is -0.118. The number of rotatable bonds is 5. The Morgan fingerprint density at radius 3 is 2.53 bits per heavy atom. The average Bonchev–Trinajstić information content (AvgIpc) is 3.45. The van der Waals surface area contributed by atoms with Gasteiger partial charge in [0.15, 0.2) is 11.5 Å². The quantitative estimate of drug-likeness (QED) is 0.532. The van der Waals surface area contributed by atoms with Gasteiger partial charge in [-0.2, -0.15) is 0 Å². The highest BCUT2D eigenvalue weighted by atomic mass is 35.5. The van der Waals surface area contributed by atoms with Crippen molar-refractivity contribution in [3.63, 3.8) is 0 Å². The maximum Gasteiger partial charge on any atom is 0.235 e. The predicted octanol–water partition coefficient (Wildman–Crippen LogP) is 6.21. The highest BCUT2D eigenvalue weighted by Crippen LogP contribution is 2.51. The summed E-state index contributed by atoms with van der Waals surface area (Å²) in [6.07, 6.45) is 2.57. The number of anilines is 1. The molecule has 30 heavy (non-hydrogen) atoms. The number of carbonyl (C=O) groups is 1. The molecule has 154 valence electrons. The Hall–Kier alpha value is -2.98.